The Bertz CT molecular complexity index is 594. The van der Waals surface area contributed by atoms with Crippen LogP contribution in [0.25, 0.3) is 10.8 Å². The molecule has 1 heteroatoms. The van der Waals surface area contributed by atoms with E-state index in [1.165, 1.54) is 29.2 Å². The lowest BCUT2D eigenvalue weighted by Gasteiger charge is -2.19. The van der Waals surface area contributed by atoms with Crippen molar-refractivity contribution < 1.29 is 0 Å². The first kappa shape index (κ1) is 13.6. The predicted octanol–water partition coefficient (Wildman–Crippen LogP) is 4.75. The quantitative estimate of drug-likeness (QED) is 0.846. The van der Waals surface area contributed by atoms with Gasteiger partial charge < -0.3 is 5.32 Å². The molecule has 0 aromatic heterocycles. The molecule has 0 radical (unpaired) electrons. The van der Waals surface area contributed by atoms with Gasteiger partial charge in [0.1, 0.15) is 0 Å². The highest BCUT2D eigenvalue weighted by Gasteiger charge is 2.36. The van der Waals surface area contributed by atoms with Crippen molar-refractivity contribution in [1.29, 1.82) is 0 Å². The van der Waals surface area contributed by atoms with Crippen LogP contribution in [0.1, 0.15) is 39.2 Å². The molecular weight excluding hydrogens is 242 g/mol. The lowest BCUT2D eigenvalue weighted by atomic mass is 9.91. The van der Waals surface area contributed by atoms with Crippen LogP contribution < -0.4 is 5.32 Å². The van der Waals surface area contributed by atoms with E-state index in [-0.39, 0.29) is 0 Å². The second kappa shape index (κ2) is 5.21. The maximum absolute atomic E-state index is 3.80. The molecule has 1 aliphatic rings. The summed E-state index contributed by atoms with van der Waals surface area (Å²) >= 11 is 0. The van der Waals surface area contributed by atoms with Gasteiger partial charge in [-0.25, -0.2) is 0 Å². The van der Waals surface area contributed by atoms with Gasteiger partial charge >= 0.3 is 0 Å². The highest BCUT2D eigenvalue weighted by Crippen LogP contribution is 2.40. The van der Waals surface area contributed by atoms with Crippen LogP contribution in [0, 0.1) is 11.3 Å². The third-order valence-corrected chi connectivity index (χ3v) is 4.77. The number of benzene rings is 2. The molecule has 0 saturated heterocycles. The molecular formula is C19H25N. The Labute approximate surface area is 122 Å². The van der Waals surface area contributed by atoms with Gasteiger partial charge in [-0.2, -0.15) is 0 Å². The molecule has 3 rings (SSSR count). The van der Waals surface area contributed by atoms with E-state index in [2.05, 4.69) is 68.6 Å². The van der Waals surface area contributed by atoms with Crippen LogP contribution in [0.15, 0.2) is 42.5 Å². The van der Waals surface area contributed by atoms with Gasteiger partial charge in [-0.05, 0) is 40.5 Å². The average Bonchev–Trinajstić information content (AvgIpc) is 2.69. The van der Waals surface area contributed by atoms with E-state index in [0.717, 1.165) is 12.5 Å². The van der Waals surface area contributed by atoms with Crippen molar-refractivity contribution in [2.75, 3.05) is 0 Å². The topological polar surface area (TPSA) is 12.0 Å². The van der Waals surface area contributed by atoms with Gasteiger partial charge in [-0.15, -0.1) is 0 Å². The molecule has 2 atom stereocenters. The van der Waals surface area contributed by atoms with Crippen molar-refractivity contribution in [3.05, 3.63) is 48.0 Å². The minimum atomic E-state index is 0.496. The Hall–Kier alpha value is -1.34. The first-order valence-electron chi connectivity index (χ1n) is 7.75. The Morgan fingerprint density at radius 2 is 1.80 bits per heavy atom. The zero-order valence-electron chi connectivity index (χ0n) is 12.8. The smallest absolute Gasteiger partial charge is 0.0214 e. The molecule has 2 unspecified atom stereocenters. The average molecular weight is 267 g/mol. The van der Waals surface area contributed by atoms with Crippen molar-refractivity contribution in [2.24, 2.45) is 11.3 Å². The fourth-order valence-electron chi connectivity index (χ4n) is 3.85. The Balaban J connectivity index is 1.75. The fraction of sp³-hybridized carbons (Fsp3) is 0.474. The minimum absolute atomic E-state index is 0.496. The van der Waals surface area contributed by atoms with E-state index in [0.29, 0.717) is 11.5 Å². The van der Waals surface area contributed by atoms with Crippen molar-refractivity contribution in [1.82, 2.24) is 5.32 Å². The summed E-state index contributed by atoms with van der Waals surface area (Å²) in [6.07, 6.45) is 2.62. The van der Waals surface area contributed by atoms with Crippen molar-refractivity contribution in [3.8, 4) is 0 Å². The van der Waals surface area contributed by atoms with Crippen molar-refractivity contribution in [2.45, 2.75) is 46.2 Å². The van der Waals surface area contributed by atoms with Gasteiger partial charge in [0.05, 0.1) is 0 Å². The molecule has 0 amide bonds. The van der Waals surface area contributed by atoms with E-state index in [9.17, 15) is 0 Å². The number of fused-ring (bicyclic) bond motifs is 1. The second-order valence-corrected chi connectivity index (χ2v) is 7.18. The molecule has 20 heavy (non-hydrogen) atoms. The lowest BCUT2D eigenvalue weighted by molar-refractivity contribution is 0.362. The molecule has 0 heterocycles. The second-order valence-electron chi connectivity index (χ2n) is 7.18. The standard InChI is InChI=1S/C19H25N/c1-14-11-19(2,3)12-18(14)20-13-16-9-6-8-15-7-4-5-10-17(15)16/h4-10,14,18,20H,11-13H2,1-3H3. The summed E-state index contributed by atoms with van der Waals surface area (Å²) in [5, 5.41) is 6.52. The van der Waals surface area contributed by atoms with Crippen LogP contribution in [0.5, 0.6) is 0 Å². The maximum Gasteiger partial charge on any atom is 0.0214 e. The molecule has 1 N–H and O–H groups in total. The number of hydrogen-bond donors (Lipinski definition) is 1. The predicted molar refractivity (Wildman–Crippen MR) is 86.8 cm³/mol. The first-order valence-corrected chi connectivity index (χ1v) is 7.75. The Morgan fingerprint density at radius 3 is 2.55 bits per heavy atom. The van der Waals surface area contributed by atoms with Crippen LogP contribution in [-0.2, 0) is 6.54 Å². The third kappa shape index (κ3) is 2.73. The van der Waals surface area contributed by atoms with Crippen LogP contribution in [0.2, 0.25) is 0 Å². The molecule has 106 valence electrons. The summed E-state index contributed by atoms with van der Waals surface area (Å²) in [7, 11) is 0. The fourth-order valence-corrected chi connectivity index (χ4v) is 3.85. The molecule has 1 fully saturated rings. The summed E-state index contributed by atoms with van der Waals surface area (Å²) in [5.41, 5.74) is 1.91. The van der Waals surface area contributed by atoms with Crippen LogP contribution in [0.3, 0.4) is 0 Å². The SMILES string of the molecule is CC1CC(C)(C)CC1NCc1cccc2ccccc12. The molecule has 2 aromatic carbocycles. The molecule has 1 nitrogen and oxygen atoms in total. The largest absolute Gasteiger partial charge is 0.310 e. The van der Waals surface area contributed by atoms with E-state index >= 15 is 0 Å². The zero-order valence-corrected chi connectivity index (χ0v) is 12.8. The van der Waals surface area contributed by atoms with E-state index in [1.807, 2.05) is 0 Å². The Morgan fingerprint density at radius 1 is 1.05 bits per heavy atom. The van der Waals surface area contributed by atoms with Gasteiger partial charge in [0.15, 0.2) is 0 Å². The van der Waals surface area contributed by atoms with E-state index in [4.69, 9.17) is 0 Å². The van der Waals surface area contributed by atoms with E-state index < -0.39 is 0 Å². The van der Waals surface area contributed by atoms with Gasteiger partial charge in [0.25, 0.3) is 0 Å². The van der Waals surface area contributed by atoms with Crippen LogP contribution in [0.4, 0.5) is 0 Å². The van der Waals surface area contributed by atoms with Crippen molar-refractivity contribution >= 4 is 10.8 Å². The molecule has 1 saturated carbocycles. The van der Waals surface area contributed by atoms with Crippen molar-refractivity contribution in [3.63, 3.8) is 0 Å². The van der Waals surface area contributed by atoms with Gasteiger partial charge in [0, 0.05) is 12.6 Å². The Kier molecular flexibility index (Phi) is 3.55. The highest BCUT2D eigenvalue weighted by molar-refractivity contribution is 5.85. The van der Waals surface area contributed by atoms with Gasteiger partial charge in [-0.3, -0.25) is 0 Å². The van der Waals surface area contributed by atoms with Crippen LogP contribution in [-0.4, -0.2) is 6.04 Å². The summed E-state index contributed by atoms with van der Waals surface area (Å²) in [6.45, 7) is 8.15. The summed E-state index contributed by atoms with van der Waals surface area (Å²) in [4.78, 5) is 0. The third-order valence-electron chi connectivity index (χ3n) is 4.77. The summed E-state index contributed by atoms with van der Waals surface area (Å²) in [6, 6.07) is 15.9. The normalized spacial score (nSPS) is 25.1. The first-order chi connectivity index (χ1) is 9.55. The van der Waals surface area contributed by atoms with Crippen LogP contribution >= 0.6 is 0 Å². The number of rotatable bonds is 3. The number of hydrogen-bond acceptors (Lipinski definition) is 1. The highest BCUT2D eigenvalue weighted by atomic mass is 14.9. The van der Waals surface area contributed by atoms with E-state index in [1.54, 1.807) is 0 Å². The zero-order chi connectivity index (χ0) is 14.2. The molecule has 1 aliphatic carbocycles. The van der Waals surface area contributed by atoms with Gasteiger partial charge in [-0.1, -0.05) is 63.2 Å². The minimum Gasteiger partial charge on any atom is -0.310 e. The molecule has 0 bridgehead atoms. The maximum atomic E-state index is 3.80. The molecule has 2 aromatic rings. The summed E-state index contributed by atoms with van der Waals surface area (Å²) < 4.78 is 0. The van der Waals surface area contributed by atoms with Gasteiger partial charge in [0.2, 0.25) is 0 Å². The monoisotopic (exact) mass is 267 g/mol. The molecule has 0 spiro atoms. The number of nitrogens with one attached hydrogen (secondary N) is 1. The summed E-state index contributed by atoms with van der Waals surface area (Å²) in [5.74, 6) is 0.778. The molecule has 0 aliphatic heterocycles. The lowest BCUT2D eigenvalue weighted by Crippen LogP contribution is -2.31.